The molecule has 0 radical (unpaired) electrons. The molecule has 6 heteroatoms. The van der Waals surface area contributed by atoms with Crippen LogP contribution in [0.5, 0.6) is 11.5 Å². The van der Waals surface area contributed by atoms with Crippen LogP contribution in [0.4, 0.5) is 5.69 Å². The molecule has 0 bridgehead atoms. The van der Waals surface area contributed by atoms with Crippen LogP contribution in [0, 0.1) is 0 Å². The largest absolute Gasteiger partial charge is 0.497 e. The van der Waals surface area contributed by atoms with Crippen molar-refractivity contribution < 1.29 is 17.9 Å². The Hall–Kier alpha value is -1.43. The molecule has 0 aromatic heterocycles. The molecule has 3 rings (SSSR count). The summed E-state index contributed by atoms with van der Waals surface area (Å²) in [6.45, 7) is 4.03. The maximum absolute atomic E-state index is 12.8. The van der Waals surface area contributed by atoms with Crippen molar-refractivity contribution in [1.29, 1.82) is 0 Å². The highest BCUT2D eigenvalue weighted by atomic mass is 32.2. The molecule has 110 valence electrons. The van der Waals surface area contributed by atoms with Gasteiger partial charge in [0.15, 0.2) is 0 Å². The molecule has 20 heavy (non-hydrogen) atoms. The smallest absolute Gasteiger partial charge is 0.240 e. The standard InChI is InChI=1S/C14H19NO4S/c1-10-9-15(20(16,17)14(2)6-7-14)12-8-11(18-3)4-5-13(12)19-10/h4-5,8,10H,6-7,9H2,1-3H3. The summed E-state index contributed by atoms with van der Waals surface area (Å²) in [5, 5.41) is 0. The first-order valence-electron chi connectivity index (χ1n) is 6.74. The van der Waals surface area contributed by atoms with Gasteiger partial charge in [-0.15, -0.1) is 0 Å². The molecular formula is C14H19NO4S. The van der Waals surface area contributed by atoms with Crippen LogP contribution in [0.2, 0.25) is 0 Å². The van der Waals surface area contributed by atoms with E-state index in [9.17, 15) is 8.42 Å². The molecule has 1 fully saturated rings. The maximum atomic E-state index is 12.8. The van der Waals surface area contributed by atoms with E-state index in [0.717, 1.165) is 12.8 Å². The highest BCUT2D eigenvalue weighted by Gasteiger charge is 2.54. The fraction of sp³-hybridized carbons (Fsp3) is 0.571. The molecule has 1 aliphatic carbocycles. The molecule has 0 spiro atoms. The molecule has 1 aromatic rings. The minimum atomic E-state index is -3.36. The lowest BCUT2D eigenvalue weighted by molar-refractivity contribution is 0.219. The summed E-state index contributed by atoms with van der Waals surface area (Å²) in [5.41, 5.74) is 0.579. The lowest BCUT2D eigenvalue weighted by Crippen LogP contribution is -2.46. The summed E-state index contributed by atoms with van der Waals surface area (Å²) in [6, 6.07) is 5.27. The second kappa shape index (κ2) is 4.28. The van der Waals surface area contributed by atoms with Crippen molar-refractivity contribution in [3.63, 3.8) is 0 Å². The summed E-state index contributed by atoms with van der Waals surface area (Å²) in [4.78, 5) is 0. The van der Waals surface area contributed by atoms with Gasteiger partial charge in [-0.1, -0.05) is 0 Å². The van der Waals surface area contributed by atoms with Gasteiger partial charge in [-0.3, -0.25) is 4.31 Å². The van der Waals surface area contributed by atoms with Crippen LogP contribution < -0.4 is 13.8 Å². The Morgan fingerprint density at radius 3 is 2.70 bits per heavy atom. The zero-order chi connectivity index (χ0) is 14.5. The highest BCUT2D eigenvalue weighted by molar-refractivity contribution is 7.94. The second-order valence-corrected chi connectivity index (χ2v) is 8.12. The monoisotopic (exact) mass is 297 g/mol. The van der Waals surface area contributed by atoms with Gasteiger partial charge in [0.25, 0.3) is 0 Å². The number of nitrogens with zero attached hydrogens (tertiary/aromatic N) is 1. The van der Waals surface area contributed by atoms with E-state index >= 15 is 0 Å². The zero-order valence-corrected chi connectivity index (χ0v) is 12.7. The summed E-state index contributed by atoms with van der Waals surface area (Å²) in [7, 11) is -1.80. The average molecular weight is 297 g/mol. The average Bonchev–Trinajstić information content (AvgIpc) is 3.17. The number of fused-ring (bicyclic) bond motifs is 1. The zero-order valence-electron chi connectivity index (χ0n) is 11.9. The number of hydrogen-bond donors (Lipinski definition) is 0. The SMILES string of the molecule is COc1ccc2c(c1)N(S(=O)(=O)C1(C)CC1)CC(C)O2. The Labute approximate surface area is 119 Å². The Kier molecular flexibility index (Phi) is 2.90. The van der Waals surface area contributed by atoms with Gasteiger partial charge in [0, 0.05) is 6.07 Å². The first-order chi connectivity index (χ1) is 9.37. The molecule has 1 aliphatic heterocycles. The van der Waals surface area contributed by atoms with Crippen LogP contribution in [0.1, 0.15) is 26.7 Å². The summed E-state index contributed by atoms with van der Waals surface area (Å²) >= 11 is 0. The highest BCUT2D eigenvalue weighted by Crippen LogP contribution is 2.48. The summed E-state index contributed by atoms with van der Waals surface area (Å²) < 4.78 is 37.4. The Morgan fingerprint density at radius 1 is 1.40 bits per heavy atom. The molecule has 5 nitrogen and oxygen atoms in total. The van der Waals surface area contributed by atoms with Crippen LogP contribution in [-0.2, 0) is 10.0 Å². The minimum Gasteiger partial charge on any atom is -0.497 e. The lowest BCUT2D eigenvalue weighted by atomic mass is 10.2. The first kappa shape index (κ1) is 13.5. The maximum Gasteiger partial charge on any atom is 0.240 e. The molecule has 1 heterocycles. The van der Waals surface area contributed by atoms with Crippen molar-refractivity contribution in [2.75, 3.05) is 18.0 Å². The van der Waals surface area contributed by atoms with Crippen molar-refractivity contribution in [3.8, 4) is 11.5 Å². The van der Waals surface area contributed by atoms with Gasteiger partial charge < -0.3 is 9.47 Å². The van der Waals surface area contributed by atoms with Crippen molar-refractivity contribution in [2.24, 2.45) is 0 Å². The predicted molar refractivity (Wildman–Crippen MR) is 77.0 cm³/mol. The first-order valence-corrected chi connectivity index (χ1v) is 8.18. The molecule has 1 aromatic carbocycles. The van der Waals surface area contributed by atoms with Crippen LogP contribution in [0.3, 0.4) is 0 Å². The number of methoxy groups -OCH3 is 1. The molecule has 0 saturated heterocycles. The summed E-state index contributed by atoms with van der Waals surface area (Å²) in [5.74, 6) is 1.22. The van der Waals surface area contributed by atoms with E-state index in [2.05, 4.69) is 0 Å². The minimum absolute atomic E-state index is 0.159. The van der Waals surface area contributed by atoms with Gasteiger partial charge in [-0.25, -0.2) is 8.42 Å². The second-order valence-electron chi connectivity index (χ2n) is 5.75. The van der Waals surface area contributed by atoms with Gasteiger partial charge in [-0.2, -0.15) is 0 Å². The third-order valence-corrected chi connectivity index (χ3v) is 6.63. The molecule has 2 aliphatic rings. The van der Waals surface area contributed by atoms with Crippen molar-refractivity contribution >= 4 is 15.7 Å². The van der Waals surface area contributed by atoms with Gasteiger partial charge in [0.05, 0.1) is 24.1 Å². The van der Waals surface area contributed by atoms with Gasteiger partial charge in [0.2, 0.25) is 10.0 Å². The van der Waals surface area contributed by atoms with Crippen LogP contribution in [0.25, 0.3) is 0 Å². The van der Waals surface area contributed by atoms with E-state index in [1.54, 1.807) is 25.3 Å². The van der Waals surface area contributed by atoms with Crippen molar-refractivity contribution in [2.45, 2.75) is 37.5 Å². The topological polar surface area (TPSA) is 55.8 Å². The van der Waals surface area contributed by atoms with Crippen LogP contribution >= 0.6 is 0 Å². The third kappa shape index (κ3) is 1.93. The number of hydrogen-bond acceptors (Lipinski definition) is 4. The Morgan fingerprint density at radius 2 is 2.10 bits per heavy atom. The number of benzene rings is 1. The quantitative estimate of drug-likeness (QED) is 0.858. The third-order valence-electron chi connectivity index (χ3n) is 4.05. The number of anilines is 1. The fourth-order valence-corrected chi connectivity index (χ4v) is 4.39. The number of ether oxygens (including phenoxy) is 2. The lowest BCUT2D eigenvalue weighted by Gasteiger charge is -2.36. The van der Waals surface area contributed by atoms with E-state index in [1.165, 1.54) is 4.31 Å². The molecular weight excluding hydrogens is 278 g/mol. The normalized spacial score (nSPS) is 23.8. The number of rotatable bonds is 3. The van der Waals surface area contributed by atoms with E-state index < -0.39 is 14.8 Å². The molecule has 0 N–H and O–H groups in total. The Balaban J connectivity index is 2.09. The van der Waals surface area contributed by atoms with E-state index in [-0.39, 0.29) is 6.10 Å². The van der Waals surface area contributed by atoms with Crippen molar-refractivity contribution in [3.05, 3.63) is 18.2 Å². The predicted octanol–water partition coefficient (Wildman–Crippen LogP) is 2.16. The molecule has 1 atom stereocenters. The fourth-order valence-electron chi connectivity index (χ4n) is 2.43. The molecule has 1 unspecified atom stereocenters. The van der Waals surface area contributed by atoms with Crippen LogP contribution in [-0.4, -0.2) is 32.9 Å². The molecule has 0 amide bonds. The van der Waals surface area contributed by atoms with Gasteiger partial charge in [0.1, 0.15) is 17.6 Å². The van der Waals surface area contributed by atoms with E-state index in [4.69, 9.17) is 9.47 Å². The molecule has 1 saturated carbocycles. The van der Waals surface area contributed by atoms with E-state index in [1.807, 2.05) is 13.8 Å². The summed E-state index contributed by atoms with van der Waals surface area (Å²) in [6.07, 6.45) is 1.29. The Bertz CT molecular complexity index is 637. The van der Waals surface area contributed by atoms with Gasteiger partial charge >= 0.3 is 0 Å². The van der Waals surface area contributed by atoms with Crippen LogP contribution in [0.15, 0.2) is 18.2 Å². The van der Waals surface area contributed by atoms with Gasteiger partial charge in [-0.05, 0) is 38.8 Å². The van der Waals surface area contributed by atoms with Crippen molar-refractivity contribution in [1.82, 2.24) is 0 Å². The van der Waals surface area contributed by atoms with E-state index in [0.29, 0.717) is 23.7 Å². The number of sulfonamides is 1.